The van der Waals surface area contributed by atoms with Crippen LogP contribution in [0.5, 0.6) is 0 Å². The van der Waals surface area contributed by atoms with E-state index >= 15 is 0 Å². The van der Waals surface area contributed by atoms with Gasteiger partial charge in [-0.25, -0.2) is 0 Å². The van der Waals surface area contributed by atoms with Gasteiger partial charge in [0.2, 0.25) is 0 Å². The van der Waals surface area contributed by atoms with Gasteiger partial charge in [-0.3, -0.25) is 4.79 Å². The van der Waals surface area contributed by atoms with Crippen LogP contribution in [0.4, 0.5) is 0 Å². The summed E-state index contributed by atoms with van der Waals surface area (Å²) in [5, 5.41) is 22.8. The number of rotatable bonds is 4. The minimum absolute atomic E-state index is 0.222. The minimum atomic E-state index is -1.16. The van der Waals surface area contributed by atoms with Crippen molar-refractivity contribution in [1.82, 2.24) is 0 Å². The van der Waals surface area contributed by atoms with Gasteiger partial charge in [0.05, 0.1) is 19.6 Å². The predicted octanol–water partition coefficient (Wildman–Crippen LogP) is 1.86. The van der Waals surface area contributed by atoms with E-state index in [0.29, 0.717) is 5.56 Å². The van der Waals surface area contributed by atoms with Crippen LogP contribution in [-0.2, 0) is 9.53 Å². The molecule has 0 bridgehead atoms. The number of benzene rings is 1. The van der Waals surface area contributed by atoms with Crippen LogP contribution in [0, 0.1) is 0 Å². The standard InChI is InChI=1S/C13H14O4S/c1-17-12(15)7-10(14)13(16)9-3-2-8-4-5-18-11(8)6-9/h2-6,10,13-14,16H,7H2,1H3. The Bertz CT molecular complexity index is 549. The van der Waals surface area contributed by atoms with Crippen molar-refractivity contribution >= 4 is 27.4 Å². The number of carbonyl (C=O) groups is 1. The first-order valence-corrected chi connectivity index (χ1v) is 6.40. The molecule has 0 fully saturated rings. The molecule has 5 heteroatoms. The van der Waals surface area contributed by atoms with E-state index in [0.717, 1.165) is 10.1 Å². The van der Waals surface area contributed by atoms with Gasteiger partial charge in [-0.15, -0.1) is 11.3 Å². The Morgan fingerprint density at radius 3 is 2.89 bits per heavy atom. The number of aliphatic hydroxyl groups excluding tert-OH is 2. The third-order valence-electron chi connectivity index (χ3n) is 2.79. The van der Waals surface area contributed by atoms with Crippen molar-refractivity contribution in [2.75, 3.05) is 7.11 Å². The second-order valence-electron chi connectivity index (χ2n) is 4.01. The largest absolute Gasteiger partial charge is 0.469 e. The van der Waals surface area contributed by atoms with Gasteiger partial charge in [0.25, 0.3) is 0 Å². The van der Waals surface area contributed by atoms with Crippen molar-refractivity contribution < 1.29 is 19.7 Å². The van der Waals surface area contributed by atoms with Gasteiger partial charge in [0.15, 0.2) is 0 Å². The van der Waals surface area contributed by atoms with Gasteiger partial charge in [0, 0.05) is 4.70 Å². The van der Waals surface area contributed by atoms with E-state index < -0.39 is 18.2 Å². The van der Waals surface area contributed by atoms with E-state index in [2.05, 4.69) is 4.74 Å². The number of methoxy groups -OCH3 is 1. The maximum atomic E-state index is 11.0. The molecule has 1 heterocycles. The highest BCUT2D eigenvalue weighted by atomic mass is 32.1. The lowest BCUT2D eigenvalue weighted by molar-refractivity contribution is -0.144. The number of ether oxygens (including phenoxy) is 1. The van der Waals surface area contributed by atoms with E-state index in [1.54, 1.807) is 17.4 Å². The normalized spacial score (nSPS) is 14.4. The van der Waals surface area contributed by atoms with Crippen LogP contribution in [0.3, 0.4) is 0 Å². The minimum Gasteiger partial charge on any atom is -0.469 e. The third-order valence-corrected chi connectivity index (χ3v) is 3.67. The lowest BCUT2D eigenvalue weighted by atomic mass is 10.0. The molecule has 0 amide bonds. The van der Waals surface area contributed by atoms with E-state index in [9.17, 15) is 15.0 Å². The fraction of sp³-hybridized carbons (Fsp3) is 0.308. The molecule has 1 aromatic carbocycles. The summed E-state index contributed by atoms with van der Waals surface area (Å²) in [5.41, 5.74) is 0.598. The number of hydrogen-bond acceptors (Lipinski definition) is 5. The lowest BCUT2D eigenvalue weighted by Gasteiger charge is -2.17. The molecule has 18 heavy (non-hydrogen) atoms. The molecule has 0 aliphatic carbocycles. The number of aliphatic hydroxyl groups is 2. The van der Waals surface area contributed by atoms with Crippen molar-refractivity contribution in [1.29, 1.82) is 0 Å². The molecule has 2 rings (SSSR count). The van der Waals surface area contributed by atoms with Gasteiger partial charge in [-0.2, -0.15) is 0 Å². The Morgan fingerprint density at radius 1 is 1.39 bits per heavy atom. The average Bonchev–Trinajstić information content (AvgIpc) is 2.84. The maximum absolute atomic E-state index is 11.0. The number of esters is 1. The number of carbonyl (C=O) groups excluding carboxylic acids is 1. The quantitative estimate of drug-likeness (QED) is 0.829. The highest BCUT2D eigenvalue weighted by molar-refractivity contribution is 7.17. The molecule has 4 nitrogen and oxygen atoms in total. The van der Waals surface area contributed by atoms with Crippen molar-refractivity contribution in [3.05, 3.63) is 35.2 Å². The maximum Gasteiger partial charge on any atom is 0.308 e. The summed E-state index contributed by atoms with van der Waals surface area (Å²) in [4.78, 5) is 11.0. The zero-order valence-electron chi connectivity index (χ0n) is 9.87. The molecule has 0 spiro atoms. The number of fused-ring (bicyclic) bond motifs is 1. The number of hydrogen-bond donors (Lipinski definition) is 2. The summed E-state index contributed by atoms with van der Waals surface area (Å²) in [6.45, 7) is 0. The van der Waals surface area contributed by atoms with Gasteiger partial charge in [0.1, 0.15) is 6.10 Å². The predicted molar refractivity (Wildman–Crippen MR) is 69.4 cm³/mol. The summed E-state index contributed by atoms with van der Waals surface area (Å²) < 4.78 is 5.50. The number of thiophene rings is 1. The van der Waals surface area contributed by atoms with E-state index in [-0.39, 0.29) is 6.42 Å². The second-order valence-corrected chi connectivity index (χ2v) is 4.96. The Kier molecular flexibility index (Phi) is 3.96. The molecule has 0 radical (unpaired) electrons. The highest BCUT2D eigenvalue weighted by Gasteiger charge is 2.22. The molecule has 2 atom stereocenters. The molecule has 1 aromatic heterocycles. The summed E-state index contributed by atoms with van der Waals surface area (Å²) in [6.07, 6.45) is -2.47. The summed E-state index contributed by atoms with van der Waals surface area (Å²) in [5.74, 6) is -0.543. The van der Waals surface area contributed by atoms with Crippen molar-refractivity contribution in [2.24, 2.45) is 0 Å². The zero-order valence-corrected chi connectivity index (χ0v) is 10.7. The molecule has 0 aliphatic heterocycles. The summed E-state index contributed by atoms with van der Waals surface area (Å²) in [6, 6.07) is 7.45. The van der Waals surface area contributed by atoms with Crippen LogP contribution < -0.4 is 0 Å². The first-order chi connectivity index (χ1) is 8.61. The van der Waals surface area contributed by atoms with Crippen molar-refractivity contribution in [3.8, 4) is 0 Å². The summed E-state index contributed by atoms with van der Waals surface area (Å²) >= 11 is 1.56. The molecule has 2 N–H and O–H groups in total. The lowest BCUT2D eigenvalue weighted by Crippen LogP contribution is -2.22. The molecule has 2 unspecified atom stereocenters. The fourth-order valence-corrected chi connectivity index (χ4v) is 2.58. The van der Waals surface area contributed by atoms with Crippen molar-refractivity contribution in [2.45, 2.75) is 18.6 Å². The summed E-state index contributed by atoms with van der Waals surface area (Å²) in [7, 11) is 1.25. The van der Waals surface area contributed by atoms with Crippen molar-refractivity contribution in [3.63, 3.8) is 0 Å². The average molecular weight is 266 g/mol. The fourth-order valence-electron chi connectivity index (χ4n) is 1.74. The Hall–Kier alpha value is -1.43. The van der Waals surface area contributed by atoms with Gasteiger partial charge < -0.3 is 14.9 Å². The first kappa shape index (κ1) is 13.0. The van der Waals surface area contributed by atoms with Crippen LogP contribution in [0.2, 0.25) is 0 Å². The van der Waals surface area contributed by atoms with E-state index in [1.165, 1.54) is 7.11 Å². The van der Waals surface area contributed by atoms with Crippen LogP contribution in [-0.4, -0.2) is 29.4 Å². The van der Waals surface area contributed by atoms with Crippen LogP contribution >= 0.6 is 11.3 Å². The van der Waals surface area contributed by atoms with Crippen LogP contribution in [0.25, 0.3) is 10.1 Å². The smallest absolute Gasteiger partial charge is 0.308 e. The Labute approximate surface area is 108 Å². The zero-order chi connectivity index (χ0) is 13.1. The molecule has 0 aliphatic rings. The van der Waals surface area contributed by atoms with E-state index in [4.69, 9.17) is 0 Å². The molecule has 0 saturated carbocycles. The SMILES string of the molecule is COC(=O)CC(O)C(O)c1ccc2ccsc2c1. The van der Waals surface area contributed by atoms with Gasteiger partial charge in [-0.1, -0.05) is 12.1 Å². The molecule has 2 aromatic rings. The topological polar surface area (TPSA) is 66.8 Å². The third kappa shape index (κ3) is 2.69. The molecule has 0 saturated heterocycles. The Morgan fingerprint density at radius 2 is 2.17 bits per heavy atom. The molecule has 96 valence electrons. The van der Waals surface area contributed by atoms with Gasteiger partial charge >= 0.3 is 5.97 Å². The molecular weight excluding hydrogens is 252 g/mol. The second kappa shape index (κ2) is 5.48. The molecular formula is C13H14O4S. The Balaban J connectivity index is 2.16. The van der Waals surface area contributed by atoms with Gasteiger partial charge in [-0.05, 0) is 28.5 Å². The monoisotopic (exact) mass is 266 g/mol. The van der Waals surface area contributed by atoms with Crippen LogP contribution in [0.15, 0.2) is 29.6 Å². The van der Waals surface area contributed by atoms with Crippen LogP contribution in [0.1, 0.15) is 18.1 Å². The highest BCUT2D eigenvalue weighted by Crippen LogP contribution is 2.26. The van der Waals surface area contributed by atoms with E-state index in [1.807, 2.05) is 23.6 Å². The first-order valence-electron chi connectivity index (χ1n) is 5.52.